The topological polar surface area (TPSA) is 119 Å². The number of benzene rings is 1. The predicted molar refractivity (Wildman–Crippen MR) is 107 cm³/mol. The highest BCUT2D eigenvalue weighted by Crippen LogP contribution is 2.24. The zero-order chi connectivity index (χ0) is 21.7. The van der Waals surface area contributed by atoms with Crippen LogP contribution in [0.15, 0.2) is 39.8 Å². The molecule has 2 heterocycles. The molecule has 3 rings (SSSR count). The Hall–Kier alpha value is -2.72. The lowest BCUT2D eigenvalue weighted by Gasteiger charge is -2.30. The fourth-order valence-electron chi connectivity index (χ4n) is 3.31. The molecule has 1 N–H and O–H groups in total. The molecule has 0 bridgehead atoms. The van der Waals surface area contributed by atoms with Crippen LogP contribution in [0.5, 0.6) is 0 Å². The highest BCUT2D eigenvalue weighted by Gasteiger charge is 2.32. The average molecular weight is 436 g/mol. The minimum Gasteiger partial charge on any atom is -0.462 e. The Morgan fingerprint density at radius 3 is 2.47 bits per heavy atom. The molecule has 9 nitrogen and oxygen atoms in total. The molecule has 0 radical (unpaired) electrons. The van der Waals surface area contributed by atoms with E-state index in [4.69, 9.17) is 9.26 Å². The van der Waals surface area contributed by atoms with Crippen molar-refractivity contribution >= 4 is 21.9 Å². The lowest BCUT2D eigenvalue weighted by atomic mass is 9.97. The van der Waals surface area contributed by atoms with Crippen molar-refractivity contribution in [1.29, 1.82) is 0 Å². The Morgan fingerprint density at radius 1 is 1.23 bits per heavy atom. The van der Waals surface area contributed by atoms with Gasteiger partial charge in [0.2, 0.25) is 15.9 Å². The Morgan fingerprint density at radius 2 is 1.90 bits per heavy atom. The number of nitrogens with zero attached hydrogens (tertiary/aromatic N) is 2. The zero-order valence-electron chi connectivity index (χ0n) is 17.0. The molecule has 0 atom stereocenters. The van der Waals surface area contributed by atoms with Crippen LogP contribution >= 0.6 is 0 Å². The summed E-state index contributed by atoms with van der Waals surface area (Å²) in [5, 5.41) is 6.65. The number of carbonyl (C=O) groups is 2. The summed E-state index contributed by atoms with van der Waals surface area (Å²) in [5.41, 5.74) is 0.945. The van der Waals surface area contributed by atoms with E-state index in [1.807, 2.05) is 0 Å². The number of carbonyl (C=O) groups excluding carboxylic acids is 2. The number of ether oxygens (including phenoxy) is 1. The van der Waals surface area contributed by atoms with E-state index in [1.54, 1.807) is 19.9 Å². The van der Waals surface area contributed by atoms with Crippen LogP contribution in [0.25, 0.3) is 0 Å². The van der Waals surface area contributed by atoms with Crippen molar-refractivity contribution in [3.05, 3.63) is 47.3 Å². The fraction of sp³-hybridized carbons (Fsp3) is 0.450. The molecule has 162 valence electrons. The Kier molecular flexibility index (Phi) is 6.88. The molecule has 1 amide bonds. The lowest BCUT2D eigenvalue weighted by molar-refractivity contribution is -0.126. The van der Waals surface area contributed by atoms with Gasteiger partial charge in [0.25, 0.3) is 0 Å². The fourth-order valence-corrected chi connectivity index (χ4v) is 4.78. The number of hydrogen-bond acceptors (Lipinski definition) is 7. The molecule has 10 heteroatoms. The van der Waals surface area contributed by atoms with Gasteiger partial charge in [-0.05, 0) is 51.0 Å². The van der Waals surface area contributed by atoms with Gasteiger partial charge in [-0.3, -0.25) is 4.79 Å². The van der Waals surface area contributed by atoms with Crippen LogP contribution in [0.1, 0.15) is 41.6 Å². The smallest absolute Gasteiger partial charge is 0.338 e. The first kappa shape index (κ1) is 22.0. The van der Waals surface area contributed by atoms with Gasteiger partial charge >= 0.3 is 5.97 Å². The van der Waals surface area contributed by atoms with Gasteiger partial charge in [0, 0.05) is 25.1 Å². The van der Waals surface area contributed by atoms with Gasteiger partial charge < -0.3 is 14.6 Å². The summed E-state index contributed by atoms with van der Waals surface area (Å²) >= 11 is 0. The number of nitrogens with one attached hydrogen (secondary N) is 1. The third kappa shape index (κ3) is 5.06. The summed E-state index contributed by atoms with van der Waals surface area (Å²) < 4.78 is 37.0. The molecule has 1 aromatic carbocycles. The van der Waals surface area contributed by atoms with Crippen molar-refractivity contribution in [2.75, 3.05) is 19.7 Å². The summed E-state index contributed by atoms with van der Waals surface area (Å²) in [7, 11) is -3.69. The number of amides is 1. The van der Waals surface area contributed by atoms with E-state index in [1.165, 1.54) is 28.6 Å². The molecule has 1 aliphatic heterocycles. The first-order chi connectivity index (χ1) is 14.3. The van der Waals surface area contributed by atoms with Gasteiger partial charge in [-0.25, -0.2) is 13.2 Å². The van der Waals surface area contributed by atoms with Gasteiger partial charge in [-0.1, -0.05) is 5.16 Å². The van der Waals surface area contributed by atoms with Crippen LogP contribution in [0.2, 0.25) is 0 Å². The summed E-state index contributed by atoms with van der Waals surface area (Å²) in [5.74, 6) is -0.191. The van der Waals surface area contributed by atoms with Gasteiger partial charge in [-0.2, -0.15) is 4.31 Å². The summed E-state index contributed by atoms with van der Waals surface area (Å²) in [4.78, 5) is 24.2. The second kappa shape index (κ2) is 9.40. The van der Waals surface area contributed by atoms with Crippen LogP contribution in [-0.4, -0.2) is 49.5 Å². The minimum absolute atomic E-state index is 0.111. The molecule has 1 fully saturated rings. The van der Waals surface area contributed by atoms with Crippen molar-refractivity contribution in [3.8, 4) is 0 Å². The monoisotopic (exact) mass is 435 g/mol. The predicted octanol–water partition coefficient (Wildman–Crippen LogP) is 1.88. The highest BCUT2D eigenvalue weighted by molar-refractivity contribution is 7.89. The number of rotatable bonds is 7. The normalized spacial score (nSPS) is 15.7. The van der Waals surface area contributed by atoms with Gasteiger partial charge in [0.05, 0.1) is 23.6 Å². The number of aromatic nitrogens is 1. The van der Waals surface area contributed by atoms with Crippen LogP contribution in [0, 0.1) is 12.8 Å². The van der Waals surface area contributed by atoms with E-state index in [0.29, 0.717) is 29.9 Å². The Bertz CT molecular complexity index is 992. The van der Waals surface area contributed by atoms with E-state index in [2.05, 4.69) is 10.5 Å². The van der Waals surface area contributed by atoms with Gasteiger partial charge in [0.15, 0.2) is 0 Å². The largest absolute Gasteiger partial charge is 0.462 e. The third-order valence-corrected chi connectivity index (χ3v) is 6.86. The Balaban J connectivity index is 1.55. The van der Waals surface area contributed by atoms with Crippen LogP contribution in [0.4, 0.5) is 0 Å². The van der Waals surface area contributed by atoms with Gasteiger partial charge in [-0.15, -0.1) is 0 Å². The summed E-state index contributed by atoms with van der Waals surface area (Å²) in [6.45, 7) is 4.52. The highest BCUT2D eigenvalue weighted by atomic mass is 32.2. The molecule has 1 saturated heterocycles. The van der Waals surface area contributed by atoms with E-state index in [-0.39, 0.29) is 43.0 Å². The minimum atomic E-state index is -3.69. The Labute approximate surface area is 175 Å². The van der Waals surface area contributed by atoms with Crippen LogP contribution < -0.4 is 5.32 Å². The number of hydrogen-bond donors (Lipinski definition) is 1. The molecule has 0 unspecified atom stereocenters. The molecule has 0 saturated carbocycles. The first-order valence-electron chi connectivity index (χ1n) is 9.78. The van der Waals surface area contributed by atoms with Crippen LogP contribution in [0.3, 0.4) is 0 Å². The molecule has 1 aromatic heterocycles. The number of piperidine rings is 1. The molecular formula is C20H25N3O6S. The second-order valence-electron chi connectivity index (χ2n) is 7.07. The SMILES string of the molecule is CCOC(=O)c1ccc(S(=O)(=O)N2CCC(C(=O)NCc3cc(C)on3)CC2)cc1. The number of aryl methyl sites for hydroxylation is 1. The van der Waals surface area contributed by atoms with Crippen molar-refractivity contribution in [1.82, 2.24) is 14.8 Å². The first-order valence-corrected chi connectivity index (χ1v) is 11.2. The quantitative estimate of drug-likeness (QED) is 0.660. The van der Waals surface area contributed by atoms with E-state index >= 15 is 0 Å². The molecule has 30 heavy (non-hydrogen) atoms. The van der Waals surface area contributed by atoms with Crippen molar-refractivity contribution < 1.29 is 27.3 Å². The molecular weight excluding hydrogens is 410 g/mol. The maximum absolute atomic E-state index is 12.9. The zero-order valence-corrected chi connectivity index (χ0v) is 17.8. The second-order valence-corrected chi connectivity index (χ2v) is 9.01. The third-order valence-electron chi connectivity index (χ3n) is 4.95. The van der Waals surface area contributed by atoms with E-state index in [9.17, 15) is 18.0 Å². The van der Waals surface area contributed by atoms with Crippen molar-refractivity contribution in [2.24, 2.45) is 5.92 Å². The molecule has 1 aliphatic rings. The summed E-state index contributed by atoms with van der Waals surface area (Å²) in [6, 6.07) is 7.44. The van der Waals surface area contributed by atoms with E-state index in [0.717, 1.165) is 0 Å². The molecule has 0 aliphatic carbocycles. The number of sulfonamides is 1. The van der Waals surface area contributed by atoms with Crippen LogP contribution in [-0.2, 0) is 26.1 Å². The molecule has 0 spiro atoms. The van der Waals surface area contributed by atoms with Gasteiger partial charge in [0.1, 0.15) is 11.5 Å². The number of esters is 1. The standard InChI is InChI=1S/C20H25N3O6S/c1-3-28-20(25)16-4-6-18(7-5-16)30(26,27)23-10-8-15(9-11-23)19(24)21-13-17-12-14(2)29-22-17/h4-7,12,15H,3,8-11,13H2,1-2H3,(H,21,24). The maximum atomic E-state index is 12.9. The lowest BCUT2D eigenvalue weighted by Crippen LogP contribution is -2.42. The average Bonchev–Trinajstić information content (AvgIpc) is 3.17. The summed E-state index contributed by atoms with van der Waals surface area (Å²) in [6.07, 6.45) is 0.869. The van der Waals surface area contributed by atoms with E-state index < -0.39 is 16.0 Å². The molecule has 2 aromatic rings. The van der Waals surface area contributed by atoms with Crippen molar-refractivity contribution in [3.63, 3.8) is 0 Å². The maximum Gasteiger partial charge on any atom is 0.338 e. The van der Waals surface area contributed by atoms with Crippen molar-refractivity contribution in [2.45, 2.75) is 38.1 Å².